The molecule has 2 N–H and O–H groups in total. The lowest BCUT2D eigenvalue weighted by Gasteiger charge is -2.08. The predicted molar refractivity (Wildman–Crippen MR) is 68.3 cm³/mol. The molecule has 3 nitrogen and oxygen atoms in total. The van der Waals surface area contributed by atoms with Crippen LogP contribution in [0.5, 0.6) is 5.75 Å². The van der Waals surface area contributed by atoms with Crippen molar-refractivity contribution in [2.75, 3.05) is 26.7 Å². The van der Waals surface area contributed by atoms with Crippen molar-refractivity contribution in [3.8, 4) is 5.75 Å². The Morgan fingerprint density at radius 3 is 2.62 bits per heavy atom. The maximum absolute atomic E-state index is 6.11. The zero-order valence-corrected chi connectivity index (χ0v) is 10.6. The molecule has 16 heavy (non-hydrogen) atoms. The lowest BCUT2D eigenvalue weighted by molar-refractivity contribution is 0.414. The Hall–Kier alpha value is -0.770. The van der Waals surface area contributed by atoms with E-state index in [4.69, 9.17) is 16.3 Å². The lowest BCUT2D eigenvalue weighted by Crippen LogP contribution is -2.26. The Bertz CT molecular complexity index is 318. The number of methoxy groups -OCH3 is 1. The average molecular weight is 243 g/mol. The Kier molecular flexibility index (Phi) is 6.23. The second-order valence-electron chi connectivity index (χ2n) is 3.49. The molecular formula is C12H19ClN2O. The summed E-state index contributed by atoms with van der Waals surface area (Å²) in [6.07, 6.45) is 0. The van der Waals surface area contributed by atoms with Gasteiger partial charge in [0.25, 0.3) is 0 Å². The highest BCUT2D eigenvalue weighted by atomic mass is 35.5. The Morgan fingerprint density at radius 2 is 2.00 bits per heavy atom. The molecule has 0 spiro atoms. The molecular weight excluding hydrogens is 224 g/mol. The van der Waals surface area contributed by atoms with Crippen molar-refractivity contribution in [2.45, 2.75) is 13.5 Å². The van der Waals surface area contributed by atoms with Crippen LogP contribution in [0.1, 0.15) is 12.5 Å². The van der Waals surface area contributed by atoms with Gasteiger partial charge in [-0.2, -0.15) is 0 Å². The predicted octanol–water partition coefficient (Wildman–Crippen LogP) is 2.05. The van der Waals surface area contributed by atoms with Crippen LogP contribution >= 0.6 is 11.6 Å². The molecule has 0 saturated carbocycles. The number of likely N-dealkylation sites (N-methyl/N-ethyl adjacent to an activating group) is 1. The standard InChI is InChI=1S/C12H19ClN2O/c1-3-14-6-7-15-9-10-4-5-11(16-2)8-12(10)13/h4-5,8,14-15H,3,6-7,9H2,1-2H3. The molecule has 4 heteroatoms. The number of hydrogen-bond donors (Lipinski definition) is 2. The van der Waals surface area contributed by atoms with Gasteiger partial charge in [-0.25, -0.2) is 0 Å². The summed E-state index contributed by atoms with van der Waals surface area (Å²) in [4.78, 5) is 0. The summed E-state index contributed by atoms with van der Waals surface area (Å²) in [7, 11) is 1.64. The topological polar surface area (TPSA) is 33.3 Å². The molecule has 0 amide bonds. The Morgan fingerprint density at radius 1 is 1.25 bits per heavy atom. The first-order valence-corrected chi connectivity index (χ1v) is 5.89. The molecule has 0 aromatic heterocycles. The summed E-state index contributed by atoms with van der Waals surface area (Å²) in [5, 5.41) is 7.32. The second kappa shape index (κ2) is 7.49. The third kappa shape index (κ3) is 4.39. The van der Waals surface area contributed by atoms with E-state index in [-0.39, 0.29) is 0 Å². The Labute approximate surface area is 102 Å². The van der Waals surface area contributed by atoms with Crippen molar-refractivity contribution in [1.29, 1.82) is 0 Å². The molecule has 0 atom stereocenters. The Balaban J connectivity index is 2.36. The van der Waals surface area contributed by atoms with Crippen molar-refractivity contribution in [3.05, 3.63) is 28.8 Å². The van der Waals surface area contributed by atoms with Gasteiger partial charge in [0.15, 0.2) is 0 Å². The number of benzene rings is 1. The van der Waals surface area contributed by atoms with Crippen LogP contribution in [-0.4, -0.2) is 26.7 Å². The zero-order chi connectivity index (χ0) is 11.8. The van der Waals surface area contributed by atoms with Gasteiger partial charge in [-0.15, -0.1) is 0 Å². The monoisotopic (exact) mass is 242 g/mol. The normalized spacial score (nSPS) is 10.4. The van der Waals surface area contributed by atoms with Gasteiger partial charge in [0, 0.05) is 24.7 Å². The molecule has 0 heterocycles. The molecule has 0 aliphatic rings. The summed E-state index contributed by atoms with van der Waals surface area (Å²) >= 11 is 6.11. The largest absolute Gasteiger partial charge is 0.497 e. The van der Waals surface area contributed by atoms with Gasteiger partial charge in [0.1, 0.15) is 5.75 Å². The van der Waals surface area contributed by atoms with Crippen molar-refractivity contribution in [3.63, 3.8) is 0 Å². The highest BCUT2D eigenvalue weighted by Gasteiger charge is 2.01. The minimum atomic E-state index is 0.746. The van der Waals surface area contributed by atoms with Crippen LogP contribution in [0.15, 0.2) is 18.2 Å². The number of hydrogen-bond acceptors (Lipinski definition) is 3. The molecule has 90 valence electrons. The third-order valence-corrected chi connectivity index (χ3v) is 2.66. The maximum atomic E-state index is 6.11. The molecule has 0 aliphatic carbocycles. The fraction of sp³-hybridized carbons (Fsp3) is 0.500. The van der Waals surface area contributed by atoms with Gasteiger partial charge < -0.3 is 15.4 Å². The van der Waals surface area contributed by atoms with Crippen LogP contribution in [0.3, 0.4) is 0 Å². The van der Waals surface area contributed by atoms with E-state index in [1.165, 1.54) is 0 Å². The maximum Gasteiger partial charge on any atom is 0.120 e. The number of rotatable bonds is 7. The third-order valence-electron chi connectivity index (χ3n) is 2.30. The highest BCUT2D eigenvalue weighted by molar-refractivity contribution is 6.31. The molecule has 1 aromatic carbocycles. The van der Waals surface area contributed by atoms with E-state index < -0.39 is 0 Å². The van der Waals surface area contributed by atoms with E-state index in [1.807, 2.05) is 18.2 Å². The molecule has 1 rings (SSSR count). The molecule has 0 bridgehead atoms. The molecule has 0 unspecified atom stereocenters. The SMILES string of the molecule is CCNCCNCc1ccc(OC)cc1Cl. The van der Waals surface area contributed by atoms with Gasteiger partial charge >= 0.3 is 0 Å². The summed E-state index contributed by atoms with van der Waals surface area (Å²) in [6, 6.07) is 5.75. The first-order valence-electron chi connectivity index (χ1n) is 5.51. The van der Waals surface area contributed by atoms with E-state index in [9.17, 15) is 0 Å². The van der Waals surface area contributed by atoms with Gasteiger partial charge in [-0.3, -0.25) is 0 Å². The fourth-order valence-electron chi connectivity index (χ4n) is 1.37. The summed E-state index contributed by atoms with van der Waals surface area (Å²) < 4.78 is 5.09. The zero-order valence-electron chi connectivity index (χ0n) is 9.85. The van der Waals surface area contributed by atoms with E-state index in [0.29, 0.717) is 0 Å². The van der Waals surface area contributed by atoms with Gasteiger partial charge in [-0.05, 0) is 24.2 Å². The first-order chi connectivity index (χ1) is 7.77. The summed E-state index contributed by atoms with van der Waals surface area (Å²) in [5.74, 6) is 0.793. The van der Waals surface area contributed by atoms with Gasteiger partial charge in [0.05, 0.1) is 7.11 Å². The second-order valence-corrected chi connectivity index (χ2v) is 3.89. The van der Waals surface area contributed by atoms with Gasteiger partial charge in [0.2, 0.25) is 0 Å². The van der Waals surface area contributed by atoms with Crippen LogP contribution < -0.4 is 15.4 Å². The minimum Gasteiger partial charge on any atom is -0.497 e. The van der Waals surface area contributed by atoms with Crippen molar-refractivity contribution < 1.29 is 4.74 Å². The number of ether oxygens (including phenoxy) is 1. The smallest absolute Gasteiger partial charge is 0.120 e. The first kappa shape index (κ1) is 13.3. The lowest BCUT2D eigenvalue weighted by atomic mass is 10.2. The summed E-state index contributed by atoms with van der Waals surface area (Å²) in [6.45, 7) is 5.81. The van der Waals surface area contributed by atoms with Crippen molar-refractivity contribution in [1.82, 2.24) is 10.6 Å². The fourth-order valence-corrected chi connectivity index (χ4v) is 1.61. The molecule has 1 aromatic rings. The molecule has 0 radical (unpaired) electrons. The van der Waals surface area contributed by atoms with E-state index in [1.54, 1.807) is 7.11 Å². The molecule has 0 fully saturated rings. The van der Waals surface area contributed by atoms with E-state index in [2.05, 4.69) is 17.6 Å². The minimum absolute atomic E-state index is 0.746. The van der Waals surface area contributed by atoms with Crippen LogP contribution in [0.4, 0.5) is 0 Å². The van der Waals surface area contributed by atoms with Crippen molar-refractivity contribution >= 4 is 11.6 Å². The van der Waals surface area contributed by atoms with Crippen LogP contribution in [0, 0.1) is 0 Å². The molecule has 0 saturated heterocycles. The van der Waals surface area contributed by atoms with Crippen LogP contribution in [-0.2, 0) is 6.54 Å². The number of halogens is 1. The summed E-state index contributed by atoms with van der Waals surface area (Å²) in [5.41, 5.74) is 1.10. The van der Waals surface area contributed by atoms with E-state index in [0.717, 1.165) is 42.5 Å². The van der Waals surface area contributed by atoms with E-state index >= 15 is 0 Å². The quantitative estimate of drug-likeness (QED) is 0.718. The number of nitrogens with one attached hydrogen (secondary N) is 2. The van der Waals surface area contributed by atoms with Gasteiger partial charge in [-0.1, -0.05) is 24.6 Å². The highest BCUT2D eigenvalue weighted by Crippen LogP contribution is 2.21. The molecule has 0 aliphatic heterocycles. The van der Waals surface area contributed by atoms with Crippen LogP contribution in [0.2, 0.25) is 5.02 Å². The van der Waals surface area contributed by atoms with Crippen molar-refractivity contribution in [2.24, 2.45) is 0 Å². The van der Waals surface area contributed by atoms with Crippen LogP contribution in [0.25, 0.3) is 0 Å². The average Bonchev–Trinajstić information content (AvgIpc) is 2.30.